The lowest BCUT2D eigenvalue weighted by atomic mass is 10.0. The number of aryl methyl sites for hydroxylation is 1. The number of carbonyl (C=O) groups is 1. The first kappa shape index (κ1) is 25.1. The Kier molecular flexibility index (Phi) is 7.49. The van der Waals surface area contributed by atoms with Crippen molar-refractivity contribution in [3.8, 4) is 17.2 Å². The van der Waals surface area contributed by atoms with E-state index in [2.05, 4.69) is 5.32 Å². The minimum absolute atomic E-state index is 0.203. The van der Waals surface area contributed by atoms with Gasteiger partial charge in [0.25, 0.3) is 10.0 Å². The molecule has 3 aromatic rings. The molecule has 0 atom stereocenters. The number of nitrogens with zero attached hydrogens (tertiary/aromatic N) is 1. The summed E-state index contributed by atoms with van der Waals surface area (Å²) in [4.78, 5) is 12.7. The van der Waals surface area contributed by atoms with E-state index in [-0.39, 0.29) is 10.8 Å². The van der Waals surface area contributed by atoms with E-state index >= 15 is 0 Å². The first-order valence-electron chi connectivity index (χ1n) is 11.4. The molecule has 1 heterocycles. The van der Waals surface area contributed by atoms with E-state index in [0.717, 1.165) is 17.5 Å². The zero-order valence-corrected chi connectivity index (χ0v) is 21.2. The van der Waals surface area contributed by atoms with Crippen LogP contribution in [0.5, 0.6) is 17.2 Å². The summed E-state index contributed by atoms with van der Waals surface area (Å²) in [7, 11) is 0.924. The quantitative estimate of drug-likeness (QED) is 0.450. The monoisotopic (exact) mass is 508 g/mol. The summed E-state index contributed by atoms with van der Waals surface area (Å²) < 4.78 is 43.7. The van der Waals surface area contributed by atoms with Crippen LogP contribution in [0.1, 0.15) is 17.5 Å². The Hall–Kier alpha value is -3.98. The molecule has 1 N–H and O–H groups in total. The fraction of sp³-hybridized carbons (Fsp3) is 0.222. The highest BCUT2D eigenvalue weighted by molar-refractivity contribution is 7.92. The third-order valence-corrected chi connectivity index (χ3v) is 7.73. The number of hydrogen-bond donors (Lipinski definition) is 1. The van der Waals surface area contributed by atoms with E-state index < -0.39 is 10.0 Å². The smallest absolute Gasteiger partial charge is 0.264 e. The number of ether oxygens (including phenoxy) is 3. The molecule has 3 aromatic carbocycles. The van der Waals surface area contributed by atoms with E-state index in [1.165, 1.54) is 17.5 Å². The molecule has 4 rings (SSSR count). The molecule has 0 spiro atoms. The van der Waals surface area contributed by atoms with Gasteiger partial charge in [0.1, 0.15) is 5.75 Å². The Balaban J connectivity index is 1.50. The Bertz CT molecular complexity index is 1380. The second-order valence-corrected chi connectivity index (χ2v) is 10.00. The second-order valence-electron chi connectivity index (χ2n) is 8.14. The van der Waals surface area contributed by atoms with Crippen molar-refractivity contribution in [1.82, 2.24) is 0 Å². The molecular weight excluding hydrogens is 480 g/mol. The molecule has 188 valence electrons. The Morgan fingerprint density at radius 1 is 0.917 bits per heavy atom. The second kappa shape index (κ2) is 10.7. The summed E-state index contributed by atoms with van der Waals surface area (Å²) >= 11 is 0. The molecule has 1 aliphatic rings. The summed E-state index contributed by atoms with van der Waals surface area (Å²) in [6.07, 6.45) is 4.51. The summed E-state index contributed by atoms with van der Waals surface area (Å²) in [6, 6.07) is 17.0. The maximum atomic E-state index is 13.3. The van der Waals surface area contributed by atoms with E-state index in [0.29, 0.717) is 41.6 Å². The molecule has 0 bridgehead atoms. The lowest BCUT2D eigenvalue weighted by molar-refractivity contribution is -0.111. The van der Waals surface area contributed by atoms with E-state index in [9.17, 15) is 13.2 Å². The zero-order valence-electron chi connectivity index (χ0n) is 20.4. The van der Waals surface area contributed by atoms with Crippen molar-refractivity contribution < 1.29 is 27.4 Å². The van der Waals surface area contributed by atoms with Crippen LogP contribution in [-0.4, -0.2) is 42.2 Å². The molecule has 1 aliphatic heterocycles. The van der Waals surface area contributed by atoms with Crippen molar-refractivity contribution in [2.24, 2.45) is 0 Å². The van der Waals surface area contributed by atoms with E-state index in [1.54, 1.807) is 68.8 Å². The molecule has 9 heteroatoms. The van der Waals surface area contributed by atoms with Crippen LogP contribution in [0.25, 0.3) is 6.08 Å². The molecule has 0 aliphatic carbocycles. The van der Waals surface area contributed by atoms with E-state index in [1.807, 2.05) is 12.1 Å². The lowest BCUT2D eigenvalue weighted by Gasteiger charge is -2.31. The highest BCUT2D eigenvalue weighted by Gasteiger charge is 2.29. The topological polar surface area (TPSA) is 94.2 Å². The molecule has 0 unspecified atom stereocenters. The van der Waals surface area contributed by atoms with Gasteiger partial charge in [0.2, 0.25) is 5.91 Å². The number of anilines is 2. The fourth-order valence-corrected chi connectivity index (χ4v) is 5.62. The van der Waals surface area contributed by atoms with Gasteiger partial charge in [-0.15, -0.1) is 0 Å². The summed E-state index contributed by atoms with van der Waals surface area (Å²) in [6.45, 7) is 0.390. The average molecular weight is 509 g/mol. The van der Waals surface area contributed by atoms with Crippen LogP contribution in [0.15, 0.2) is 71.6 Å². The number of hydrogen-bond acceptors (Lipinski definition) is 6. The first-order chi connectivity index (χ1) is 17.3. The van der Waals surface area contributed by atoms with Crippen LogP contribution < -0.4 is 23.8 Å². The molecule has 8 nitrogen and oxygen atoms in total. The van der Waals surface area contributed by atoms with Gasteiger partial charge in [-0.25, -0.2) is 8.42 Å². The van der Waals surface area contributed by atoms with Crippen LogP contribution in [0, 0.1) is 0 Å². The Morgan fingerprint density at radius 3 is 2.36 bits per heavy atom. The number of nitrogens with one attached hydrogen (secondary N) is 1. The lowest BCUT2D eigenvalue weighted by Crippen LogP contribution is -2.35. The molecule has 0 aromatic heterocycles. The Morgan fingerprint density at radius 2 is 1.67 bits per heavy atom. The van der Waals surface area contributed by atoms with Crippen molar-refractivity contribution in [3.63, 3.8) is 0 Å². The first-order valence-corrected chi connectivity index (χ1v) is 12.8. The third kappa shape index (κ3) is 5.31. The Labute approximate surface area is 211 Å². The maximum absolute atomic E-state index is 13.3. The van der Waals surface area contributed by atoms with Gasteiger partial charge < -0.3 is 19.5 Å². The number of methoxy groups -OCH3 is 3. The standard InChI is InChI=1S/C27H28N2O6S/c1-33-22-9-11-23(12-10-22)36(31,32)29-16-4-5-20-18-21(8-13-24(20)29)28-27(30)15-7-19-6-14-25(34-2)26(17-19)35-3/h6-15,17-18H,4-5,16H2,1-3H3,(H,28,30)/b15-7+. The van der Waals surface area contributed by atoms with Crippen molar-refractivity contribution in [3.05, 3.63) is 77.9 Å². The fourth-order valence-electron chi connectivity index (χ4n) is 4.08. The molecule has 1 amide bonds. The van der Waals surface area contributed by atoms with Gasteiger partial charge in [0.05, 0.1) is 31.9 Å². The highest BCUT2D eigenvalue weighted by Crippen LogP contribution is 2.34. The van der Waals surface area contributed by atoms with Gasteiger partial charge in [0.15, 0.2) is 11.5 Å². The summed E-state index contributed by atoms with van der Waals surface area (Å²) in [5, 5.41) is 2.85. The maximum Gasteiger partial charge on any atom is 0.264 e. The summed E-state index contributed by atoms with van der Waals surface area (Å²) in [5.41, 5.74) is 2.86. The zero-order chi connectivity index (χ0) is 25.7. The van der Waals surface area contributed by atoms with Crippen molar-refractivity contribution in [2.75, 3.05) is 37.5 Å². The minimum Gasteiger partial charge on any atom is -0.497 e. The number of rotatable bonds is 8. The average Bonchev–Trinajstić information content (AvgIpc) is 2.91. The number of fused-ring (bicyclic) bond motifs is 1. The molecule has 36 heavy (non-hydrogen) atoms. The van der Waals surface area contributed by atoms with Crippen LogP contribution in [0.4, 0.5) is 11.4 Å². The van der Waals surface area contributed by atoms with Crippen LogP contribution >= 0.6 is 0 Å². The molecular formula is C27H28N2O6S. The molecule has 0 saturated heterocycles. The van der Waals surface area contributed by atoms with Crippen molar-refractivity contribution >= 4 is 33.4 Å². The minimum atomic E-state index is -3.73. The molecule has 0 fully saturated rings. The van der Waals surface area contributed by atoms with Gasteiger partial charge in [-0.2, -0.15) is 0 Å². The largest absolute Gasteiger partial charge is 0.497 e. The van der Waals surface area contributed by atoms with Gasteiger partial charge in [-0.05, 0) is 84.6 Å². The summed E-state index contributed by atoms with van der Waals surface area (Å²) in [5.74, 6) is 1.47. The number of benzene rings is 3. The van der Waals surface area contributed by atoms with Gasteiger partial charge >= 0.3 is 0 Å². The number of sulfonamides is 1. The normalized spacial score (nSPS) is 13.2. The van der Waals surface area contributed by atoms with Crippen molar-refractivity contribution in [1.29, 1.82) is 0 Å². The van der Waals surface area contributed by atoms with Gasteiger partial charge in [-0.1, -0.05) is 6.07 Å². The third-order valence-electron chi connectivity index (χ3n) is 5.91. The predicted molar refractivity (Wildman–Crippen MR) is 139 cm³/mol. The van der Waals surface area contributed by atoms with Gasteiger partial charge in [-0.3, -0.25) is 9.10 Å². The van der Waals surface area contributed by atoms with Gasteiger partial charge in [0, 0.05) is 18.3 Å². The van der Waals surface area contributed by atoms with E-state index in [4.69, 9.17) is 14.2 Å². The van der Waals surface area contributed by atoms with Crippen molar-refractivity contribution in [2.45, 2.75) is 17.7 Å². The number of carbonyl (C=O) groups excluding carboxylic acids is 1. The molecule has 0 radical (unpaired) electrons. The predicted octanol–water partition coefficient (Wildman–Crippen LogP) is 4.51. The number of amides is 1. The van der Waals surface area contributed by atoms with Crippen LogP contribution in [-0.2, 0) is 21.2 Å². The van der Waals surface area contributed by atoms with Crippen LogP contribution in [0.2, 0.25) is 0 Å². The van der Waals surface area contributed by atoms with Crippen LogP contribution in [0.3, 0.4) is 0 Å². The SMILES string of the molecule is COc1ccc(S(=O)(=O)N2CCCc3cc(NC(=O)/C=C/c4ccc(OC)c(OC)c4)ccc32)cc1. The highest BCUT2D eigenvalue weighted by atomic mass is 32.2. The molecule has 0 saturated carbocycles.